The molecule has 0 aliphatic heterocycles. The summed E-state index contributed by atoms with van der Waals surface area (Å²) in [5.74, 6) is -0.371. The molecule has 1 aromatic heterocycles. The minimum atomic E-state index is -0.371. The Morgan fingerprint density at radius 2 is 2.08 bits per heavy atom. The SMILES string of the molecule is Cc1nc2c(F)cccc2nc1Cl. The van der Waals surface area contributed by atoms with Gasteiger partial charge in [0.15, 0.2) is 11.0 Å². The Hall–Kier alpha value is -1.22. The molecular formula is C9H6ClFN2. The second-order valence-electron chi connectivity index (χ2n) is 2.71. The molecule has 13 heavy (non-hydrogen) atoms. The minimum Gasteiger partial charge on any atom is -0.245 e. The molecule has 0 amide bonds. The van der Waals surface area contributed by atoms with Gasteiger partial charge in [-0.3, -0.25) is 0 Å². The van der Waals surface area contributed by atoms with E-state index in [0.29, 0.717) is 16.4 Å². The first-order valence-corrected chi connectivity index (χ1v) is 4.14. The number of hydrogen-bond acceptors (Lipinski definition) is 2. The van der Waals surface area contributed by atoms with Crippen molar-refractivity contribution in [3.63, 3.8) is 0 Å². The van der Waals surface area contributed by atoms with Gasteiger partial charge in [0.1, 0.15) is 5.52 Å². The molecule has 2 aromatic rings. The zero-order chi connectivity index (χ0) is 9.42. The Bertz CT molecular complexity index is 470. The van der Waals surface area contributed by atoms with Crippen molar-refractivity contribution in [1.29, 1.82) is 0 Å². The van der Waals surface area contributed by atoms with Gasteiger partial charge in [0, 0.05) is 0 Å². The van der Waals surface area contributed by atoms with Gasteiger partial charge >= 0.3 is 0 Å². The number of aryl methyl sites for hydroxylation is 1. The van der Waals surface area contributed by atoms with Crippen LogP contribution < -0.4 is 0 Å². The number of hydrogen-bond donors (Lipinski definition) is 0. The van der Waals surface area contributed by atoms with E-state index in [2.05, 4.69) is 9.97 Å². The van der Waals surface area contributed by atoms with Gasteiger partial charge in [-0.2, -0.15) is 0 Å². The molecule has 1 heterocycles. The van der Waals surface area contributed by atoms with Crippen LogP contribution in [-0.4, -0.2) is 9.97 Å². The van der Waals surface area contributed by atoms with Gasteiger partial charge in [-0.15, -0.1) is 0 Å². The standard InChI is InChI=1S/C9H6ClFN2/c1-5-9(10)13-7-4-2-3-6(11)8(7)12-5/h2-4H,1H3. The minimum absolute atomic E-state index is 0.268. The van der Waals surface area contributed by atoms with Crippen LogP contribution in [0, 0.1) is 12.7 Å². The fourth-order valence-electron chi connectivity index (χ4n) is 1.11. The predicted octanol–water partition coefficient (Wildman–Crippen LogP) is 2.73. The summed E-state index contributed by atoms with van der Waals surface area (Å²) in [6.45, 7) is 1.70. The van der Waals surface area contributed by atoms with Crippen molar-refractivity contribution in [2.45, 2.75) is 6.92 Å². The maximum atomic E-state index is 13.2. The summed E-state index contributed by atoms with van der Waals surface area (Å²) in [6, 6.07) is 4.61. The Morgan fingerprint density at radius 1 is 1.31 bits per heavy atom. The summed E-state index contributed by atoms with van der Waals surface area (Å²) < 4.78 is 13.2. The lowest BCUT2D eigenvalue weighted by atomic mass is 10.3. The van der Waals surface area contributed by atoms with Crippen LogP contribution in [0.3, 0.4) is 0 Å². The van der Waals surface area contributed by atoms with E-state index in [-0.39, 0.29) is 11.3 Å². The summed E-state index contributed by atoms with van der Waals surface area (Å²) >= 11 is 5.74. The van der Waals surface area contributed by atoms with Gasteiger partial charge < -0.3 is 0 Å². The molecule has 0 fully saturated rings. The van der Waals surface area contributed by atoms with Crippen molar-refractivity contribution in [2.75, 3.05) is 0 Å². The Balaban J connectivity index is 2.89. The number of benzene rings is 1. The van der Waals surface area contributed by atoms with E-state index in [1.54, 1.807) is 19.1 Å². The average molecular weight is 197 g/mol. The third-order valence-electron chi connectivity index (χ3n) is 1.76. The largest absolute Gasteiger partial charge is 0.245 e. The van der Waals surface area contributed by atoms with Crippen LogP contribution in [0.25, 0.3) is 11.0 Å². The van der Waals surface area contributed by atoms with Crippen LogP contribution in [0.5, 0.6) is 0 Å². The fraction of sp³-hybridized carbons (Fsp3) is 0.111. The highest BCUT2D eigenvalue weighted by atomic mass is 35.5. The first-order valence-electron chi connectivity index (χ1n) is 3.77. The highest BCUT2D eigenvalue weighted by Crippen LogP contribution is 2.18. The van der Waals surface area contributed by atoms with Crippen LogP contribution in [-0.2, 0) is 0 Å². The third kappa shape index (κ3) is 1.35. The van der Waals surface area contributed by atoms with Crippen LogP contribution in [0.15, 0.2) is 18.2 Å². The van der Waals surface area contributed by atoms with Crippen molar-refractivity contribution in [3.8, 4) is 0 Å². The van der Waals surface area contributed by atoms with Crippen LogP contribution in [0.2, 0.25) is 5.15 Å². The Morgan fingerprint density at radius 3 is 2.85 bits per heavy atom. The van der Waals surface area contributed by atoms with Crippen molar-refractivity contribution in [1.82, 2.24) is 9.97 Å². The fourth-order valence-corrected chi connectivity index (χ4v) is 1.24. The van der Waals surface area contributed by atoms with Crippen molar-refractivity contribution in [2.24, 2.45) is 0 Å². The topological polar surface area (TPSA) is 25.8 Å². The number of halogens is 2. The van der Waals surface area contributed by atoms with Crippen molar-refractivity contribution < 1.29 is 4.39 Å². The number of aromatic nitrogens is 2. The molecule has 2 nitrogen and oxygen atoms in total. The molecule has 0 aliphatic carbocycles. The lowest BCUT2D eigenvalue weighted by Crippen LogP contribution is -1.92. The normalized spacial score (nSPS) is 10.7. The second-order valence-corrected chi connectivity index (χ2v) is 3.07. The van der Waals surface area contributed by atoms with Gasteiger partial charge in [0.25, 0.3) is 0 Å². The van der Waals surface area contributed by atoms with Gasteiger partial charge in [-0.1, -0.05) is 17.7 Å². The molecule has 0 saturated heterocycles. The first-order chi connectivity index (χ1) is 6.18. The van der Waals surface area contributed by atoms with Gasteiger partial charge in [-0.25, -0.2) is 14.4 Å². The van der Waals surface area contributed by atoms with Crippen LogP contribution in [0.1, 0.15) is 5.69 Å². The van der Waals surface area contributed by atoms with E-state index in [1.165, 1.54) is 6.07 Å². The predicted molar refractivity (Wildman–Crippen MR) is 49.2 cm³/mol. The summed E-state index contributed by atoms with van der Waals surface area (Å²) in [6.07, 6.45) is 0. The molecule has 4 heteroatoms. The molecule has 0 aliphatic rings. The summed E-state index contributed by atoms with van der Waals surface area (Å²) in [5.41, 5.74) is 1.29. The monoisotopic (exact) mass is 196 g/mol. The third-order valence-corrected chi connectivity index (χ3v) is 2.12. The lowest BCUT2D eigenvalue weighted by Gasteiger charge is -2.00. The quantitative estimate of drug-likeness (QED) is 0.648. The van der Waals surface area contributed by atoms with Crippen LogP contribution in [0.4, 0.5) is 4.39 Å². The van der Waals surface area contributed by atoms with Gasteiger partial charge in [0.05, 0.1) is 11.2 Å². The number of rotatable bonds is 0. The van der Waals surface area contributed by atoms with E-state index in [1.807, 2.05) is 0 Å². The molecule has 0 unspecified atom stereocenters. The Kier molecular flexibility index (Phi) is 1.88. The lowest BCUT2D eigenvalue weighted by molar-refractivity contribution is 0.636. The van der Waals surface area contributed by atoms with E-state index < -0.39 is 0 Å². The summed E-state index contributed by atoms with van der Waals surface area (Å²) in [7, 11) is 0. The number of fused-ring (bicyclic) bond motifs is 1. The molecule has 0 bridgehead atoms. The van der Waals surface area contributed by atoms with E-state index in [0.717, 1.165) is 0 Å². The molecular weight excluding hydrogens is 191 g/mol. The molecule has 0 spiro atoms. The maximum absolute atomic E-state index is 13.2. The highest BCUT2D eigenvalue weighted by molar-refractivity contribution is 6.30. The second kappa shape index (κ2) is 2.92. The summed E-state index contributed by atoms with van der Waals surface area (Å²) in [4.78, 5) is 8.00. The first kappa shape index (κ1) is 8.38. The maximum Gasteiger partial charge on any atom is 0.151 e. The van der Waals surface area contributed by atoms with Gasteiger partial charge in [-0.05, 0) is 19.1 Å². The highest BCUT2D eigenvalue weighted by Gasteiger charge is 2.05. The smallest absolute Gasteiger partial charge is 0.151 e. The van der Waals surface area contributed by atoms with E-state index in [4.69, 9.17) is 11.6 Å². The molecule has 66 valence electrons. The summed E-state index contributed by atoms with van der Waals surface area (Å²) in [5, 5.41) is 0.318. The zero-order valence-electron chi connectivity index (χ0n) is 6.88. The average Bonchev–Trinajstić information content (AvgIpc) is 2.09. The van der Waals surface area contributed by atoms with Crippen molar-refractivity contribution in [3.05, 3.63) is 34.9 Å². The molecule has 0 saturated carbocycles. The molecule has 0 radical (unpaired) electrons. The van der Waals surface area contributed by atoms with Crippen molar-refractivity contribution >= 4 is 22.6 Å². The van der Waals surface area contributed by atoms with E-state index in [9.17, 15) is 4.39 Å². The number of nitrogens with zero attached hydrogens (tertiary/aromatic N) is 2. The van der Waals surface area contributed by atoms with E-state index >= 15 is 0 Å². The zero-order valence-corrected chi connectivity index (χ0v) is 7.64. The molecule has 0 atom stereocenters. The van der Waals surface area contributed by atoms with Crippen LogP contribution >= 0.6 is 11.6 Å². The number of para-hydroxylation sites is 1. The molecule has 0 N–H and O–H groups in total. The molecule has 1 aromatic carbocycles. The van der Waals surface area contributed by atoms with Gasteiger partial charge in [0.2, 0.25) is 0 Å². The Labute approximate surface area is 79.4 Å². The molecule has 2 rings (SSSR count).